The molecule has 17 heavy (non-hydrogen) atoms. The molecule has 0 rings (SSSR count). The van der Waals surface area contributed by atoms with Crippen LogP contribution in [0.25, 0.3) is 0 Å². The van der Waals surface area contributed by atoms with Crippen LogP contribution in [0.15, 0.2) is 0 Å². The van der Waals surface area contributed by atoms with Crippen LogP contribution in [0.2, 0.25) is 16.6 Å². The van der Waals surface area contributed by atoms with Crippen molar-refractivity contribution in [3.8, 4) is 0 Å². The van der Waals surface area contributed by atoms with E-state index < -0.39 is 8.32 Å². The summed E-state index contributed by atoms with van der Waals surface area (Å²) in [6, 6.07) is 0. The molecule has 0 aliphatic rings. The van der Waals surface area contributed by atoms with Gasteiger partial charge in [-0.2, -0.15) is 0 Å². The summed E-state index contributed by atoms with van der Waals surface area (Å²) in [7, 11) is -1.67. The van der Waals surface area contributed by atoms with Gasteiger partial charge in [-0.25, -0.2) is 0 Å². The summed E-state index contributed by atoms with van der Waals surface area (Å²) in [6.07, 6.45) is 1.08. The van der Waals surface area contributed by atoms with Crippen LogP contribution in [0.1, 0.15) is 54.9 Å². The van der Waals surface area contributed by atoms with Gasteiger partial charge in [0.25, 0.3) is 0 Å². The van der Waals surface area contributed by atoms with E-state index in [1.807, 2.05) is 0 Å². The van der Waals surface area contributed by atoms with E-state index in [2.05, 4.69) is 48.5 Å². The summed E-state index contributed by atoms with van der Waals surface area (Å²) in [5.74, 6) is 0. The first-order valence-electron chi connectivity index (χ1n) is 7.11. The van der Waals surface area contributed by atoms with Gasteiger partial charge in [-0.05, 0) is 23.0 Å². The molecule has 0 fully saturated rings. The first-order chi connectivity index (χ1) is 7.89. The molecule has 0 amide bonds. The van der Waals surface area contributed by atoms with Gasteiger partial charge in [-0.1, -0.05) is 48.5 Å². The highest BCUT2D eigenvalue weighted by atomic mass is 28.4. The molecule has 0 aromatic carbocycles. The number of ether oxygens (including phenoxy) is 1. The molecule has 0 bridgehead atoms. The normalized spacial score (nSPS) is 13.1. The van der Waals surface area contributed by atoms with Gasteiger partial charge in [0.05, 0.1) is 13.2 Å². The molecule has 104 valence electrons. The SMILES string of the molecule is CCCOCCO[Si](C(C)C)(C(C)C)C(C)C. The molecule has 3 heteroatoms. The van der Waals surface area contributed by atoms with Crippen molar-refractivity contribution in [3.05, 3.63) is 0 Å². The molecule has 0 aromatic rings. The molecule has 0 radical (unpaired) electrons. The van der Waals surface area contributed by atoms with Gasteiger partial charge in [0.15, 0.2) is 8.32 Å². The van der Waals surface area contributed by atoms with Crippen molar-refractivity contribution in [1.82, 2.24) is 0 Å². The highest BCUT2D eigenvalue weighted by molar-refractivity contribution is 6.77. The minimum Gasteiger partial charge on any atom is -0.414 e. The van der Waals surface area contributed by atoms with Crippen LogP contribution in [0.5, 0.6) is 0 Å². The average molecular weight is 260 g/mol. The number of hydrogen-bond donors (Lipinski definition) is 0. The van der Waals surface area contributed by atoms with Crippen LogP contribution in [0.3, 0.4) is 0 Å². The van der Waals surface area contributed by atoms with Gasteiger partial charge in [-0.3, -0.25) is 0 Å². The quantitative estimate of drug-likeness (QED) is 0.445. The maximum absolute atomic E-state index is 6.37. The first kappa shape index (κ1) is 17.1. The maximum Gasteiger partial charge on any atom is 0.200 e. The number of hydrogen-bond acceptors (Lipinski definition) is 2. The Balaban J connectivity index is 4.38. The van der Waals surface area contributed by atoms with Crippen LogP contribution in [0, 0.1) is 0 Å². The molecule has 0 aromatic heterocycles. The Morgan fingerprint density at radius 3 is 1.59 bits per heavy atom. The summed E-state index contributed by atoms with van der Waals surface area (Å²) in [5.41, 5.74) is 1.98. The lowest BCUT2D eigenvalue weighted by atomic mass is 10.5. The summed E-state index contributed by atoms with van der Waals surface area (Å²) in [6.45, 7) is 18.4. The molecule has 0 unspecified atom stereocenters. The predicted octanol–water partition coefficient (Wildman–Crippen LogP) is 4.61. The fourth-order valence-corrected chi connectivity index (χ4v) is 8.46. The molecule has 0 saturated carbocycles. The van der Waals surface area contributed by atoms with Crippen molar-refractivity contribution >= 4 is 8.32 Å². The summed E-state index contributed by atoms with van der Waals surface area (Å²) in [4.78, 5) is 0. The Hall–Kier alpha value is 0.137. The third kappa shape index (κ3) is 4.72. The summed E-state index contributed by atoms with van der Waals surface area (Å²) in [5, 5.41) is 0. The molecular formula is C14H32O2Si. The van der Waals surface area contributed by atoms with Crippen molar-refractivity contribution in [1.29, 1.82) is 0 Å². The Kier molecular flexibility index (Phi) is 8.34. The van der Waals surface area contributed by atoms with Gasteiger partial charge >= 0.3 is 0 Å². The van der Waals surface area contributed by atoms with Crippen molar-refractivity contribution in [2.24, 2.45) is 0 Å². The van der Waals surface area contributed by atoms with Crippen LogP contribution < -0.4 is 0 Å². The van der Waals surface area contributed by atoms with Crippen molar-refractivity contribution in [3.63, 3.8) is 0 Å². The second-order valence-corrected chi connectivity index (χ2v) is 11.2. The van der Waals surface area contributed by atoms with Crippen LogP contribution >= 0.6 is 0 Å². The van der Waals surface area contributed by atoms with Crippen molar-refractivity contribution in [2.75, 3.05) is 19.8 Å². The molecule has 0 saturated heterocycles. The lowest BCUT2D eigenvalue weighted by Crippen LogP contribution is -2.48. The average Bonchev–Trinajstić information content (AvgIpc) is 2.21. The highest BCUT2D eigenvalue weighted by Gasteiger charge is 2.44. The third-order valence-electron chi connectivity index (χ3n) is 3.64. The van der Waals surface area contributed by atoms with E-state index in [0.717, 1.165) is 26.2 Å². The molecule has 0 aliphatic heterocycles. The summed E-state index contributed by atoms with van der Waals surface area (Å²) < 4.78 is 11.9. The lowest BCUT2D eigenvalue weighted by Gasteiger charge is -2.42. The van der Waals surface area contributed by atoms with E-state index in [9.17, 15) is 0 Å². The molecular weight excluding hydrogens is 228 g/mol. The van der Waals surface area contributed by atoms with Crippen LogP contribution in [0.4, 0.5) is 0 Å². The van der Waals surface area contributed by atoms with Gasteiger partial charge < -0.3 is 9.16 Å². The second kappa shape index (κ2) is 8.28. The molecule has 0 N–H and O–H groups in total. The largest absolute Gasteiger partial charge is 0.414 e. The third-order valence-corrected chi connectivity index (χ3v) is 9.75. The Morgan fingerprint density at radius 2 is 1.24 bits per heavy atom. The zero-order valence-electron chi connectivity index (χ0n) is 12.9. The Morgan fingerprint density at radius 1 is 0.765 bits per heavy atom. The molecule has 0 spiro atoms. The smallest absolute Gasteiger partial charge is 0.200 e. The van der Waals surface area contributed by atoms with Gasteiger partial charge in [0, 0.05) is 6.61 Å². The van der Waals surface area contributed by atoms with Gasteiger partial charge in [0.2, 0.25) is 0 Å². The molecule has 0 atom stereocenters. The monoisotopic (exact) mass is 260 g/mol. The molecule has 2 nitrogen and oxygen atoms in total. The standard InChI is InChI=1S/C14H32O2Si/c1-8-9-15-10-11-16-17(12(2)3,13(4)5)14(6)7/h12-14H,8-11H2,1-7H3. The van der Waals surface area contributed by atoms with Crippen molar-refractivity contribution < 1.29 is 9.16 Å². The zero-order valence-corrected chi connectivity index (χ0v) is 13.9. The second-order valence-electron chi connectivity index (χ2n) is 5.78. The number of rotatable bonds is 9. The topological polar surface area (TPSA) is 18.5 Å². The van der Waals surface area contributed by atoms with Crippen LogP contribution in [-0.4, -0.2) is 28.1 Å². The zero-order chi connectivity index (χ0) is 13.5. The van der Waals surface area contributed by atoms with Crippen LogP contribution in [-0.2, 0) is 9.16 Å². The van der Waals surface area contributed by atoms with Crippen molar-refractivity contribution in [2.45, 2.75) is 71.5 Å². The van der Waals surface area contributed by atoms with E-state index >= 15 is 0 Å². The minimum atomic E-state index is -1.67. The van der Waals surface area contributed by atoms with E-state index in [1.54, 1.807) is 0 Å². The van der Waals surface area contributed by atoms with E-state index in [0.29, 0.717) is 16.6 Å². The minimum absolute atomic E-state index is 0.661. The Bertz CT molecular complexity index is 169. The van der Waals surface area contributed by atoms with E-state index in [-0.39, 0.29) is 0 Å². The fourth-order valence-electron chi connectivity index (χ4n) is 3.02. The van der Waals surface area contributed by atoms with Gasteiger partial charge in [-0.15, -0.1) is 0 Å². The maximum atomic E-state index is 6.37. The molecule has 0 aliphatic carbocycles. The van der Waals surface area contributed by atoms with E-state index in [4.69, 9.17) is 9.16 Å². The lowest BCUT2D eigenvalue weighted by molar-refractivity contribution is 0.0942. The summed E-state index contributed by atoms with van der Waals surface area (Å²) >= 11 is 0. The molecule has 0 heterocycles. The highest BCUT2D eigenvalue weighted by Crippen LogP contribution is 2.42. The predicted molar refractivity (Wildman–Crippen MR) is 78.1 cm³/mol. The fraction of sp³-hybridized carbons (Fsp3) is 1.00. The van der Waals surface area contributed by atoms with Gasteiger partial charge in [0.1, 0.15) is 0 Å². The Labute approximate surface area is 109 Å². The first-order valence-corrected chi connectivity index (χ1v) is 9.25. The van der Waals surface area contributed by atoms with E-state index in [1.165, 1.54) is 0 Å².